The molecule has 0 saturated carbocycles. The van der Waals surface area contributed by atoms with Gasteiger partial charge in [0.15, 0.2) is 6.10 Å². The van der Waals surface area contributed by atoms with E-state index in [4.69, 9.17) is 23.3 Å². The highest BCUT2D eigenvalue weighted by Gasteiger charge is 2.28. The molecule has 0 fully saturated rings. The molecule has 0 aromatic heterocycles. The summed E-state index contributed by atoms with van der Waals surface area (Å²) in [6.45, 7) is 4.31. The topological polar surface area (TPSA) is 155 Å². The predicted octanol–water partition coefficient (Wildman–Crippen LogP) is 13.8. The average molecular weight is 921 g/mol. The number of esters is 3. The van der Waals surface area contributed by atoms with E-state index in [2.05, 4.69) is 93.7 Å². The number of phosphoric ester groups is 1. The fourth-order valence-electron chi connectivity index (χ4n) is 6.38. The molecule has 0 bridgehead atoms. The molecular formula is C52H89O11P. The van der Waals surface area contributed by atoms with Crippen LogP contribution in [0.5, 0.6) is 0 Å². The van der Waals surface area contributed by atoms with Crippen molar-refractivity contribution in [3.8, 4) is 0 Å². The Morgan fingerprint density at radius 3 is 1.25 bits per heavy atom. The van der Waals surface area contributed by atoms with Crippen LogP contribution in [0.15, 0.2) is 72.9 Å². The van der Waals surface area contributed by atoms with Crippen molar-refractivity contribution in [3.05, 3.63) is 72.9 Å². The number of unbranched alkanes of at least 4 members (excludes halogenated alkanes) is 16. The van der Waals surface area contributed by atoms with Crippen molar-refractivity contribution in [1.29, 1.82) is 0 Å². The maximum atomic E-state index is 12.8. The Morgan fingerprint density at radius 1 is 0.453 bits per heavy atom. The van der Waals surface area contributed by atoms with Gasteiger partial charge in [-0.2, -0.15) is 0 Å². The van der Waals surface area contributed by atoms with Gasteiger partial charge >= 0.3 is 25.7 Å². The fourth-order valence-corrected chi connectivity index (χ4v) is 7.17. The van der Waals surface area contributed by atoms with Crippen LogP contribution in [0.4, 0.5) is 0 Å². The van der Waals surface area contributed by atoms with E-state index in [1.54, 1.807) is 0 Å². The molecule has 0 heterocycles. The zero-order chi connectivity index (χ0) is 47.0. The van der Waals surface area contributed by atoms with Crippen molar-refractivity contribution >= 4 is 25.7 Å². The third-order valence-electron chi connectivity index (χ3n) is 10.1. The SMILES string of the molecule is CC/C=C\C/C=C\C/C=C\CCCCCC(=O)OC(CO)COP(=O)(O)OCC(COC(=O)CCCCCCCCCCCCC)OC(=O)CCCCC/C=C\C/C=C\C/C=C\CC. The minimum absolute atomic E-state index is 0.129. The summed E-state index contributed by atoms with van der Waals surface area (Å²) in [4.78, 5) is 48.2. The van der Waals surface area contributed by atoms with Gasteiger partial charge in [0.1, 0.15) is 12.7 Å². The zero-order valence-electron chi connectivity index (χ0n) is 40.2. The summed E-state index contributed by atoms with van der Waals surface area (Å²) in [7, 11) is -4.75. The van der Waals surface area contributed by atoms with Crippen molar-refractivity contribution in [2.75, 3.05) is 26.4 Å². The molecule has 0 aliphatic rings. The maximum Gasteiger partial charge on any atom is 0.472 e. The fraction of sp³-hybridized carbons (Fsp3) is 0.712. The van der Waals surface area contributed by atoms with Crippen LogP contribution in [0.3, 0.4) is 0 Å². The van der Waals surface area contributed by atoms with E-state index in [1.807, 2.05) is 0 Å². The molecular weight excluding hydrogens is 832 g/mol. The second-order valence-corrected chi connectivity index (χ2v) is 17.7. The van der Waals surface area contributed by atoms with Crippen molar-refractivity contribution in [1.82, 2.24) is 0 Å². The van der Waals surface area contributed by atoms with Gasteiger partial charge in [-0.3, -0.25) is 23.4 Å². The number of rotatable bonds is 45. The first kappa shape index (κ1) is 60.9. The monoisotopic (exact) mass is 921 g/mol. The number of hydrogen-bond acceptors (Lipinski definition) is 10. The summed E-state index contributed by atoms with van der Waals surface area (Å²) >= 11 is 0. The number of allylic oxidation sites excluding steroid dienone is 12. The lowest BCUT2D eigenvalue weighted by molar-refractivity contribution is -0.161. The normalized spacial score (nSPS) is 14.1. The summed E-state index contributed by atoms with van der Waals surface area (Å²) in [5.41, 5.74) is 0. The van der Waals surface area contributed by atoms with Gasteiger partial charge in [0.2, 0.25) is 0 Å². The molecule has 3 atom stereocenters. The predicted molar refractivity (Wildman–Crippen MR) is 261 cm³/mol. The molecule has 0 saturated heterocycles. The van der Waals surface area contributed by atoms with E-state index in [0.717, 1.165) is 96.3 Å². The molecule has 0 rings (SSSR count). The van der Waals surface area contributed by atoms with Gasteiger partial charge in [-0.25, -0.2) is 4.57 Å². The van der Waals surface area contributed by atoms with Crippen LogP contribution in [0.2, 0.25) is 0 Å². The number of aliphatic hydroxyl groups excluding tert-OH is 1. The first-order valence-electron chi connectivity index (χ1n) is 24.8. The second-order valence-electron chi connectivity index (χ2n) is 16.2. The van der Waals surface area contributed by atoms with Crippen molar-refractivity contribution < 1.29 is 52.2 Å². The van der Waals surface area contributed by atoms with Crippen LogP contribution < -0.4 is 0 Å². The van der Waals surface area contributed by atoms with E-state index in [-0.39, 0.29) is 25.9 Å². The summed E-state index contributed by atoms with van der Waals surface area (Å²) in [6, 6.07) is 0. The summed E-state index contributed by atoms with van der Waals surface area (Å²) < 4.78 is 39.2. The summed E-state index contributed by atoms with van der Waals surface area (Å²) in [5.74, 6) is -1.54. The molecule has 0 amide bonds. The zero-order valence-corrected chi connectivity index (χ0v) is 41.1. The lowest BCUT2D eigenvalue weighted by atomic mass is 10.1. The lowest BCUT2D eigenvalue weighted by Gasteiger charge is -2.21. The first-order chi connectivity index (χ1) is 31.2. The third kappa shape index (κ3) is 44.1. The molecule has 0 aromatic rings. The van der Waals surface area contributed by atoms with E-state index in [0.29, 0.717) is 19.3 Å². The quantitative estimate of drug-likeness (QED) is 0.0197. The Labute approximate surface area is 388 Å². The highest BCUT2D eigenvalue weighted by Crippen LogP contribution is 2.43. The second kappa shape index (κ2) is 46.4. The van der Waals surface area contributed by atoms with E-state index in [1.165, 1.54) is 44.9 Å². The highest BCUT2D eigenvalue weighted by molar-refractivity contribution is 7.47. The number of phosphoric acid groups is 1. The van der Waals surface area contributed by atoms with Crippen molar-refractivity contribution in [2.45, 2.75) is 213 Å². The Bertz CT molecular complexity index is 1350. The molecule has 0 spiro atoms. The standard InChI is InChI=1S/C52H89O11P/c1-4-7-10-13-16-19-22-24-27-30-33-36-39-42-51(55)62-48(44-53)46-60-64(57,58)61-47-49(45-59-50(54)41-38-35-32-29-26-21-18-15-12-9-6-3)63-52(56)43-40-37-34-31-28-25-23-20-17-14-11-8-5-2/h7-8,10-11,16-17,19-20,24-25,27-28,48-49,53H,4-6,9,12-15,18,21-23,26,29-47H2,1-3H3,(H,57,58)/b10-7-,11-8-,19-16-,20-17-,27-24-,28-25-. The van der Waals surface area contributed by atoms with Crippen LogP contribution in [0.25, 0.3) is 0 Å². The van der Waals surface area contributed by atoms with Gasteiger partial charge in [-0.15, -0.1) is 0 Å². The largest absolute Gasteiger partial charge is 0.472 e. The molecule has 0 radical (unpaired) electrons. The Balaban J connectivity index is 4.80. The van der Waals surface area contributed by atoms with Crippen LogP contribution in [0, 0.1) is 0 Å². The van der Waals surface area contributed by atoms with Crippen molar-refractivity contribution in [2.24, 2.45) is 0 Å². The molecule has 2 N–H and O–H groups in total. The van der Waals surface area contributed by atoms with Gasteiger partial charge in [0.05, 0.1) is 19.8 Å². The van der Waals surface area contributed by atoms with Gasteiger partial charge < -0.3 is 24.2 Å². The minimum Gasteiger partial charge on any atom is -0.462 e. The van der Waals surface area contributed by atoms with E-state index >= 15 is 0 Å². The van der Waals surface area contributed by atoms with Gasteiger partial charge in [0, 0.05) is 19.3 Å². The Morgan fingerprint density at radius 2 is 0.812 bits per heavy atom. The number of aliphatic hydroxyl groups is 1. The molecule has 0 aliphatic carbocycles. The van der Waals surface area contributed by atoms with E-state index in [9.17, 15) is 28.9 Å². The van der Waals surface area contributed by atoms with Crippen LogP contribution in [0.1, 0.15) is 201 Å². The Kier molecular flexibility index (Phi) is 44.2. The number of ether oxygens (including phenoxy) is 3. The minimum atomic E-state index is -4.75. The molecule has 11 nitrogen and oxygen atoms in total. The number of hydrogen-bond donors (Lipinski definition) is 2. The Hall–Kier alpha value is -3.08. The van der Waals surface area contributed by atoms with Crippen LogP contribution in [-0.2, 0) is 42.2 Å². The average Bonchev–Trinajstić information content (AvgIpc) is 3.28. The third-order valence-corrected chi connectivity index (χ3v) is 11.1. The summed E-state index contributed by atoms with van der Waals surface area (Å²) in [6.07, 6.45) is 48.8. The van der Waals surface area contributed by atoms with Gasteiger partial charge in [0.25, 0.3) is 0 Å². The molecule has 368 valence electrons. The lowest BCUT2D eigenvalue weighted by Crippen LogP contribution is -2.30. The van der Waals surface area contributed by atoms with E-state index < -0.39 is 57.8 Å². The maximum absolute atomic E-state index is 12.8. The smallest absolute Gasteiger partial charge is 0.462 e. The highest BCUT2D eigenvalue weighted by atomic mass is 31.2. The van der Waals surface area contributed by atoms with Crippen LogP contribution >= 0.6 is 7.82 Å². The first-order valence-corrected chi connectivity index (χ1v) is 26.3. The number of carbonyl (C=O) groups is 3. The molecule has 64 heavy (non-hydrogen) atoms. The number of carbonyl (C=O) groups excluding carboxylic acids is 3. The van der Waals surface area contributed by atoms with Gasteiger partial charge in [-0.1, -0.05) is 171 Å². The van der Waals surface area contributed by atoms with Crippen molar-refractivity contribution in [3.63, 3.8) is 0 Å². The van der Waals surface area contributed by atoms with Crippen LogP contribution in [-0.4, -0.2) is 66.5 Å². The summed E-state index contributed by atoms with van der Waals surface area (Å²) in [5, 5.41) is 9.75. The van der Waals surface area contributed by atoms with Gasteiger partial charge in [-0.05, 0) is 83.5 Å². The molecule has 12 heteroatoms. The molecule has 0 aromatic carbocycles. The molecule has 3 unspecified atom stereocenters. The molecule has 0 aliphatic heterocycles.